The molecule has 1 heterocycles. The maximum atomic E-state index is 13.4. The first-order valence-electron chi connectivity index (χ1n) is 13.2. The van der Waals surface area contributed by atoms with Crippen LogP contribution in [-0.2, 0) is 30.4 Å². The number of nitro groups is 1. The monoisotopic (exact) mass is 566 g/mol. The lowest BCUT2D eigenvalue weighted by Gasteiger charge is -2.29. The van der Waals surface area contributed by atoms with Gasteiger partial charge in [0, 0.05) is 37.7 Å². The number of benzene rings is 2. The van der Waals surface area contributed by atoms with E-state index in [0.717, 1.165) is 5.56 Å². The molecule has 3 rings (SSSR count). The molecule has 13 nitrogen and oxygen atoms in total. The van der Waals surface area contributed by atoms with Gasteiger partial charge in [0.2, 0.25) is 29.5 Å². The molecule has 0 bridgehead atoms. The number of anilines is 1. The van der Waals surface area contributed by atoms with Crippen LogP contribution in [0, 0.1) is 10.1 Å². The Morgan fingerprint density at radius 1 is 0.927 bits per heavy atom. The Bertz CT molecular complexity index is 1280. The second-order valence-electron chi connectivity index (χ2n) is 9.89. The molecule has 0 aromatic heterocycles. The highest BCUT2D eigenvalue weighted by Crippen LogP contribution is 2.20. The highest BCUT2D eigenvalue weighted by atomic mass is 16.6. The van der Waals surface area contributed by atoms with Crippen molar-refractivity contribution in [2.45, 2.75) is 64.2 Å². The van der Waals surface area contributed by atoms with Gasteiger partial charge in [-0.05, 0) is 44.4 Å². The quantitative estimate of drug-likeness (QED) is 0.234. The molecule has 41 heavy (non-hydrogen) atoms. The first kappa shape index (κ1) is 30.7. The average Bonchev–Trinajstić information content (AvgIpc) is 3.43. The summed E-state index contributed by atoms with van der Waals surface area (Å²) in [6.45, 7) is 4.58. The summed E-state index contributed by atoms with van der Waals surface area (Å²) in [5.74, 6) is -2.42. The first-order valence-corrected chi connectivity index (χ1v) is 13.2. The van der Waals surface area contributed by atoms with Crippen molar-refractivity contribution in [1.82, 2.24) is 20.9 Å². The van der Waals surface area contributed by atoms with Crippen LogP contribution >= 0.6 is 0 Å². The number of nitrogens with zero attached hydrogens (tertiary/aromatic N) is 2. The number of nitro benzene ring substituents is 1. The fourth-order valence-electron chi connectivity index (χ4n) is 4.55. The van der Waals surface area contributed by atoms with Crippen molar-refractivity contribution in [3.05, 3.63) is 70.3 Å². The second kappa shape index (κ2) is 14.0. The van der Waals surface area contributed by atoms with Crippen molar-refractivity contribution < 1.29 is 28.9 Å². The zero-order valence-corrected chi connectivity index (χ0v) is 23.1. The van der Waals surface area contributed by atoms with E-state index in [9.17, 15) is 34.1 Å². The average molecular weight is 567 g/mol. The van der Waals surface area contributed by atoms with Gasteiger partial charge in [0.05, 0.1) is 4.92 Å². The Morgan fingerprint density at radius 3 is 2.20 bits per heavy atom. The van der Waals surface area contributed by atoms with E-state index in [1.807, 2.05) is 30.3 Å². The summed E-state index contributed by atoms with van der Waals surface area (Å²) in [5.41, 5.74) is 0.988. The van der Waals surface area contributed by atoms with Gasteiger partial charge in [0.15, 0.2) is 0 Å². The van der Waals surface area contributed by atoms with Crippen LogP contribution in [0.4, 0.5) is 11.4 Å². The van der Waals surface area contributed by atoms with Crippen LogP contribution in [0.2, 0.25) is 0 Å². The summed E-state index contributed by atoms with van der Waals surface area (Å²) >= 11 is 0. The minimum absolute atomic E-state index is 0.127. The summed E-state index contributed by atoms with van der Waals surface area (Å²) in [6, 6.07) is 10.8. The molecular formula is C28H34N6O7. The van der Waals surface area contributed by atoms with Crippen LogP contribution in [0.15, 0.2) is 54.6 Å². The number of nitrogens with one attached hydrogen (secondary N) is 4. The van der Waals surface area contributed by atoms with E-state index in [-0.39, 0.29) is 18.0 Å². The molecular weight excluding hydrogens is 532 g/mol. The third-order valence-corrected chi connectivity index (χ3v) is 6.64. The molecule has 4 N–H and O–H groups in total. The number of carbonyl (C=O) groups is 5. The highest BCUT2D eigenvalue weighted by Gasteiger charge is 2.38. The van der Waals surface area contributed by atoms with E-state index in [1.165, 1.54) is 49.9 Å². The highest BCUT2D eigenvalue weighted by molar-refractivity contribution is 5.99. The van der Waals surface area contributed by atoms with Gasteiger partial charge < -0.3 is 26.2 Å². The van der Waals surface area contributed by atoms with E-state index < -0.39 is 52.7 Å². The van der Waals surface area contributed by atoms with Gasteiger partial charge >= 0.3 is 0 Å². The van der Waals surface area contributed by atoms with Crippen molar-refractivity contribution in [3.63, 3.8) is 0 Å². The molecule has 0 saturated carbocycles. The molecule has 0 unspecified atom stereocenters. The number of hydrogen-bond acceptors (Lipinski definition) is 7. The van der Waals surface area contributed by atoms with E-state index in [4.69, 9.17) is 0 Å². The first-order chi connectivity index (χ1) is 19.5. The molecule has 0 aliphatic carbocycles. The molecule has 1 fully saturated rings. The van der Waals surface area contributed by atoms with Gasteiger partial charge in [-0.2, -0.15) is 0 Å². The molecule has 5 amide bonds. The number of likely N-dealkylation sites (tertiary alicyclic amines) is 1. The predicted molar refractivity (Wildman–Crippen MR) is 149 cm³/mol. The largest absolute Gasteiger partial charge is 0.345 e. The van der Waals surface area contributed by atoms with E-state index >= 15 is 0 Å². The summed E-state index contributed by atoms with van der Waals surface area (Å²) in [5, 5.41) is 21.4. The Hall–Kier alpha value is -4.81. The number of rotatable bonds is 11. The summed E-state index contributed by atoms with van der Waals surface area (Å²) in [4.78, 5) is 75.2. The fraction of sp³-hybridized carbons (Fsp3) is 0.393. The van der Waals surface area contributed by atoms with Crippen LogP contribution in [0.5, 0.6) is 0 Å². The van der Waals surface area contributed by atoms with E-state index in [0.29, 0.717) is 25.1 Å². The van der Waals surface area contributed by atoms with Gasteiger partial charge in [-0.1, -0.05) is 30.3 Å². The summed E-state index contributed by atoms with van der Waals surface area (Å²) in [7, 11) is 0. The van der Waals surface area contributed by atoms with Crippen LogP contribution in [0.1, 0.15) is 39.2 Å². The van der Waals surface area contributed by atoms with Crippen molar-refractivity contribution in [2.75, 3.05) is 11.9 Å². The molecule has 0 radical (unpaired) electrons. The maximum Gasteiger partial charge on any atom is 0.269 e. The number of non-ortho nitro benzene ring substituents is 1. The van der Waals surface area contributed by atoms with Crippen molar-refractivity contribution >= 4 is 40.9 Å². The Labute approximate surface area is 237 Å². The lowest BCUT2D eigenvalue weighted by molar-refractivity contribution is -0.384. The molecule has 4 atom stereocenters. The minimum atomic E-state index is -1.01. The third kappa shape index (κ3) is 8.59. The van der Waals surface area contributed by atoms with Crippen LogP contribution in [0.25, 0.3) is 0 Å². The van der Waals surface area contributed by atoms with E-state index in [2.05, 4.69) is 21.3 Å². The smallest absolute Gasteiger partial charge is 0.269 e. The molecule has 1 saturated heterocycles. The van der Waals surface area contributed by atoms with E-state index in [1.54, 1.807) is 0 Å². The SMILES string of the molecule is CC(=O)N[C@@H](C)C(=O)N[C@H](C)C(=O)N1CCC[C@H]1C(=O)N[C@@H](Cc1ccccc1)C(=O)Nc1ccc([N+](=O)[O-])cc1. The molecule has 2 aromatic carbocycles. The Balaban J connectivity index is 1.71. The molecule has 1 aliphatic rings. The second-order valence-corrected chi connectivity index (χ2v) is 9.89. The minimum Gasteiger partial charge on any atom is -0.345 e. The van der Waals surface area contributed by atoms with Gasteiger partial charge in [0.25, 0.3) is 5.69 Å². The normalized spacial score (nSPS) is 16.6. The maximum absolute atomic E-state index is 13.4. The van der Waals surface area contributed by atoms with Crippen molar-refractivity contribution in [1.29, 1.82) is 0 Å². The zero-order chi connectivity index (χ0) is 30.1. The van der Waals surface area contributed by atoms with Gasteiger partial charge in [-0.25, -0.2) is 0 Å². The molecule has 218 valence electrons. The molecule has 0 spiro atoms. The standard InChI is InChI=1S/C28H34N6O7/c1-17(29-19(3)35)25(36)30-18(2)28(39)33-15-7-10-24(33)27(38)32-23(16-20-8-5-4-6-9-20)26(37)31-21-11-13-22(14-12-21)34(40)41/h4-6,8-9,11-14,17-18,23-24H,7,10,15-16H2,1-3H3,(H,29,35)(H,30,36)(H,31,37)(H,32,38)/t17-,18+,23-,24-/m0/s1. The molecule has 13 heteroatoms. The number of carbonyl (C=O) groups excluding carboxylic acids is 5. The topological polar surface area (TPSA) is 180 Å². The fourth-order valence-corrected chi connectivity index (χ4v) is 4.55. The third-order valence-electron chi connectivity index (χ3n) is 6.64. The van der Waals surface area contributed by atoms with Gasteiger partial charge in [0.1, 0.15) is 24.2 Å². The summed E-state index contributed by atoms with van der Waals surface area (Å²) in [6.07, 6.45) is 1.10. The molecule has 2 aromatic rings. The van der Waals surface area contributed by atoms with Crippen molar-refractivity contribution in [3.8, 4) is 0 Å². The molecule has 1 aliphatic heterocycles. The zero-order valence-electron chi connectivity index (χ0n) is 23.1. The van der Waals surface area contributed by atoms with Crippen LogP contribution in [-0.4, -0.2) is 70.1 Å². The Kier molecular flexibility index (Phi) is 10.5. The van der Waals surface area contributed by atoms with Crippen molar-refractivity contribution in [2.24, 2.45) is 0 Å². The lowest BCUT2D eigenvalue weighted by Crippen LogP contribution is -2.56. The number of amides is 5. The van der Waals surface area contributed by atoms with Gasteiger partial charge in [-0.15, -0.1) is 0 Å². The number of hydrogen-bond donors (Lipinski definition) is 4. The van der Waals surface area contributed by atoms with Gasteiger partial charge in [-0.3, -0.25) is 34.1 Å². The van der Waals surface area contributed by atoms with Crippen LogP contribution in [0.3, 0.4) is 0 Å². The lowest BCUT2D eigenvalue weighted by atomic mass is 10.0. The summed E-state index contributed by atoms with van der Waals surface area (Å²) < 4.78 is 0. The Morgan fingerprint density at radius 2 is 1.59 bits per heavy atom. The van der Waals surface area contributed by atoms with Crippen LogP contribution < -0.4 is 21.3 Å². The predicted octanol–water partition coefficient (Wildman–Crippen LogP) is 1.28.